The van der Waals surface area contributed by atoms with E-state index in [1.165, 1.54) is 19.2 Å². The number of nitrogens with two attached hydrogens (primary N) is 2. The van der Waals surface area contributed by atoms with Crippen molar-refractivity contribution in [2.75, 3.05) is 25.2 Å². The van der Waals surface area contributed by atoms with Gasteiger partial charge in [-0.15, -0.1) is 0 Å². The maximum atomic E-state index is 11.6. The highest BCUT2D eigenvalue weighted by molar-refractivity contribution is 5.95. The summed E-state index contributed by atoms with van der Waals surface area (Å²) in [5, 5.41) is 0. The molecule has 0 heterocycles. The van der Waals surface area contributed by atoms with Crippen molar-refractivity contribution in [1.82, 2.24) is 0 Å². The second-order valence-corrected chi connectivity index (χ2v) is 3.66. The average molecular weight is 252 g/mol. The number of ether oxygens (including phenoxy) is 2. The molecule has 0 unspecified atom stereocenters. The Balaban J connectivity index is 2.43. The van der Waals surface area contributed by atoms with E-state index in [4.69, 9.17) is 16.2 Å². The fourth-order valence-electron chi connectivity index (χ4n) is 1.33. The number of benzene rings is 1. The molecular weight excluding hydrogens is 236 g/mol. The highest BCUT2D eigenvalue weighted by Crippen LogP contribution is 2.16. The van der Waals surface area contributed by atoms with Gasteiger partial charge in [-0.2, -0.15) is 0 Å². The first kappa shape index (κ1) is 13.8. The lowest BCUT2D eigenvalue weighted by Crippen LogP contribution is -2.10. The van der Waals surface area contributed by atoms with E-state index in [0.717, 1.165) is 0 Å². The zero-order valence-electron chi connectivity index (χ0n) is 10.1. The van der Waals surface area contributed by atoms with Crippen molar-refractivity contribution in [3.05, 3.63) is 23.8 Å². The predicted octanol–water partition coefficient (Wildman–Crippen LogP) is 0.961. The number of carbonyl (C=O) groups excluding carboxylic acids is 2. The normalized spacial score (nSPS) is 9.83. The van der Waals surface area contributed by atoms with E-state index in [2.05, 4.69) is 4.74 Å². The summed E-state index contributed by atoms with van der Waals surface area (Å²) in [6.07, 6.45) is 0.619. The van der Waals surface area contributed by atoms with Gasteiger partial charge in [-0.25, -0.2) is 4.79 Å². The number of carbonyl (C=O) groups is 2. The molecule has 0 aliphatic rings. The monoisotopic (exact) mass is 252 g/mol. The second kappa shape index (κ2) is 6.48. The molecule has 0 aliphatic carbocycles. The minimum absolute atomic E-state index is 0.137. The number of methoxy groups -OCH3 is 1. The van der Waals surface area contributed by atoms with Crippen LogP contribution in [0.1, 0.15) is 23.2 Å². The van der Waals surface area contributed by atoms with Gasteiger partial charge in [-0.1, -0.05) is 0 Å². The first-order chi connectivity index (χ1) is 8.54. The molecule has 4 N–H and O–H groups in total. The van der Waals surface area contributed by atoms with Gasteiger partial charge < -0.3 is 20.9 Å². The van der Waals surface area contributed by atoms with Crippen LogP contribution in [-0.4, -0.2) is 25.7 Å². The molecule has 0 aliphatic heterocycles. The van der Waals surface area contributed by atoms with Gasteiger partial charge in [0.15, 0.2) is 0 Å². The zero-order chi connectivity index (χ0) is 13.5. The van der Waals surface area contributed by atoms with Gasteiger partial charge in [-0.3, -0.25) is 4.79 Å². The van der Waals surface area contributed by atoms with Gasteiger partial charge in [0.2, 0.25) is 0 Å². The number of rotatable bonds is 5. The SMILES string of the molecule is COC(=O)CCCOC(=O)c1ccc(N)cc1N. The van der Waals surface area contributed by atoms with E-state index in [9.17, 15) is 9.59 Å². The molecule has 1 aromatic carbocycles. The van der Waals surface area contributed by atoms with E-state index < -0.39 is 5.97 Å². The average Bonchev–Trinajstić information content (AvgIpc) is 2.34. The Morgan fingerprint density at radius 2 is 2.00 bits per heavy atom. The lowest BCUT2D eigenvalue weighted by atomic mass is 10.1. The Labute approximate surface area is 105 Å². The van der Waals surface area contributed by atoms with Crippen LogP contribution in [-0.2, 0) is 14.3 Å². The van der Waals surface area contributed by atoms with Crippen LogP contribution in [0.25, 0.3) is 0 Å². The number of hydrogen-bond donors (Lipinski definition) is 2. The summed E-state index contributed by atoms with van der Waals surface area (Å²) >= 11 is 0. The Morgan fingerprint density at radius 3 is 2.61 bits per heavy atom. The van der Waals surface area contributed by atoms with E-state index in [0.29, 0.717) is 12.1 Å². The van der Waals surface area contributed by atoms with E-state index in [1.807, 2.05) is 0 Å². The third-order valence-corrected chi connectivity index (χ3v) is 2.28. The Hall–Kier alpha value is -2.24. The highest BCUT2D eigenvalue weighted by Gasteiger charge is 2.11. The molecule has 0 fully saturated rings. The molecule has 0 saturated heterocycles. The summed E-state index contributed by atoms with van der Waals surface area (Å²) in [6.45, 7) is 0.137. The van der Waals surface area contributed by atoms with Crippen molar-refractivity contribution >= 4 is 23.3 Å². The van der Waals surface area contributed by atoms with Crippen LogP contribution in [0.15, 0.2) is 18.2 Å². The molecule has 6 nitrogen and oxygen atoms in total. The molecule has 0 radical (unpaired) electrons. The molecule has 1 aromatic rings. The molecule has 18 heavy (non-hydrogen) atoms. The molecule has 0 bridgehead atoms. The fourth-order valence-corrected chi connectivity index (χ4v) is 1.33. The molecule has 0 atom stereocenters. The number of anilines is 2. The van der Waals surface area contributed by atoms with Crippen molar-refractivity contribution in [1.29, 1.82) is 0 Å². The molecule has 0 aromatic heterocycles. The molecule has 98 valence electrons. The van der Waals surface area contributed by atoms with Crippen LogP contribution >= 0.6 is 0 Å². The molecule has 0 spiro atoms. The van der Waals surface area contributed by atoms with Crippen molar-refractivity contribution in [3.8, 4) is 0 Å². The van der Waals surface area contributed by atoms with Crippen molar-refractivity contribution in [3.63, 3.8) is 0 Å². The smallest absolute Gasteiger partial charge is 0.340 e. The van der Waals surface area contributed by atoms with Crippen LogP contribution in [0.4, 0.5) is 11.4 Å². The van der Waals surface area contributed by atoms with Gasteiger partial charge >= 0.3 is 11.9 Å². The summed E-state index contributed by atoms with van der Waals surface area (Å²) in [6, 6.07) is 4.57. The second-order valence-electron chi connectivity index (χ2n) is 3.66. The minimum Gasteiger partial charge on any atom is -0.469 e. The van der Waals surface area contributed by atoms with Gasteiger partial charge in [0.1, 0.15) is 0 Å². The fraction of sp³-hybridized carbons (Fsp3) is 0.333. The zero-order valence-corrected chi connectivity index (χ0v) is 10.1. The first-order valence-corrected chi connectivity index (χ1v) is 5.43. The first-order valence-electron chi connectivity index (χ1n) is 5.43. The highest BCUT2D eigenvalue weighted by atomic mass is 16.5. The van der Waals surface area contributed by atoms with Crippen LogP contribution < -0.4 is 11.5 Å². The Morgan fingerprint density at radius 1 is 1.28 bits per heavy atom. The molecule has 1 rings (SSSR count). The Bertz CT molecular complexity index is 446. The van der Waals surface area contributed by atoms with Crippen LogP contribution in [0.5, 0.6) is 0 Å². The maximum Gasteiger partial charge on any atom is 0.340 e. The van der Waals surface area contributed by atoms with Gasteiger partial charge in [0.05, 0.1) is 19.3 Å². The largest absolute Gasteiger partial charge is 0.469 e. The predicted molar refractivity (Wildman–Crippen MR) is 66.8 cm³/mol. The maximum absolute atomic E-state index is 11.6. The van der Waals surface area contributed by atoms with Crippen molar-refractivity contribution in [2.45, 2.75) is 12.8 Å². The summed E-state index contributed by atoms with van der Waals surface area (Å²) in [4.78, 5) is 22.5. The molecule has 0 saturated carbocycles. The lowest BCUT2D eigenvalue weighted by molar-refractivity contribution is -0.140. The van der Waals surface area contributed by atoms with E-state index in [-0.39, 0.29) is 30.2 Å². The Kier molecular flexibility index (Phi) is 4.98. The van der Waals surface area contributed by atoms with Gasteiger partial charge in [0, 0.05) is 17.8 Å². The van der Waals surface area contributed by atoms with E-state index >= 15 is 0 Å². The van der Waals surface area contributed by atoms with Crippen LogP contribution in [0.3, 0.4) is 0 Å². The quantitative estimate of drug-likeness (QED) is 0.459. The number of esters is 2. The topological polar surface area (TPSA) is 105 Å². The number of nitrogen functional groups attached to an aromatic ring is 2. The lowest BCUT2D eigenvalue weighted by Gasteiger charge is -2.07. The third-order valence-electron chi connectivity index (χ3n) is 2.28. The third kappa shape index (κ3) is 3.97. The minimum atomic E-state index is -0.530. The molecule has 0 amide bonds. The van der Waals surface area contributed by atoms with Crippen molar-refractivity contribution < 1.29 is 19.1 Å². The number of hydrogen-bond acceptors (Lipinski definition) is 6. The van der Waals surface area contributed by atoms with Gasteiger partial charge in [0.25, 0.3) is 0 Å². The molecular formula is C12H16N2O4. The van der Waals surface area contributed by atoms with Crippen LogP contribution in [0, 0.1) is 0 Å². The van der Waals surface area contributed by atoms with Gasteiger partial charge in [-0.05, 0) is 24.6 Å². The molecule has 6 heteroatoms. The standard InChI is InChI=1S/C12H16N2O4/c1-17-11(15)3-2-6-18-12(16)9-5-4-8(13)7-10(9)14/h4-5,7H,2-3,6,13-14H2,1H3. The summed E-state index contributed by atoms with van der Waals surface area (Å²) in [7, 11) is 1.31. The van der Waals surface area contributed by atoms with Crippen molar-refractivity contribution in [2.24, 2.45) is 0 Å². The summed E-state index contributed by atoms with van der Waals surface area (Å²) in [5.74, 6) is -0.865. The summed E-state index contributed by atoms with van der Waals surface area (Å²) in [5.41, 5.74) is 12.2. The van der Waals surface area contributed by atoms with Crippen LogP contribution in [0.2, 0.25) is 0 Å². The summed E-state index contributed by atoms with van der Waals surface area (Å²) < 4.78 is 9.44. The van der Waals surface area contributed by atoms with E-state index in [1.54, 1.807) is 6.07 Å².